The van der Waals surface area contributed by atoms with Gasteiger partial charge in [0, 0.05) is 30.6 Å². The van der Waals surface area contributed by atoms with Crippen molar-refractivity contribution in [1.29, 1.82) is 0 Å². The van der Waals surface area contributed by atoms with Crippen LogP contribution in [0.5, 0.6) is 0 Å². The monoisotopic (exact) mass is 565 g/mol. The maximum Gasteiger partial charge on any atom is 0.255 e. The quantitative estimate of drug-likeness (QED) is 0.415. The molecule has 38 heavy (non-hydrogen) atoms. The first-order valence-electron chi connectivity index (χ1n) is 12.1. The molecule has 2 bridgehead atoms. The second-order valence-corrected chi connectivity index (χ2v) is 12.6. The number of aryl methyl sites for hydroxylation is 1. The van der Waals surface area contributed by atoms with E-state index in [1.165, 1.54) is 35.1 Å². The van der Waals surface area contributed by atoms with Crippen LogP contribution in [0.4, 0.5) is 14.5 Å². The molecule has 1 amide bonds. The number of sulfone groups is 1. The molecule has 1 aromatic heterocycles. The van der Waals surface area contributed by atoms with Crippen LogP contribution in [-0.2, 0) is 16.9 Å². The molecule has 0 spiro atoms. The lowest BCUT2D eigenvalue weighted by Gasteiger charge is -2.45. The van der Waals surface area contributed by atoms with E-state index in [0.29, 0.717) is 18.5 Å². The Morgan fingerprint density at radius 2 is 1.82 bits per heavy atom. The van der Waals surface area contributed by atoms with E-state index in [-0.39, 0.29) is 34.0 Å². The van der Waals surface area contributed by atoms with E-state index in [1.54, 1.807) is 13.1 Å². The van der Waals surface area contributed by atoms with Gasteiger partial charge in [-0.25, -0.2) is 17.2 Å². The van der Waals surface area contributed by atoms with Gasteiger partial charge in [0.15, 0.2) is 21.5 Å². The van der Waals surface area contributed by atoms with Gasteiger partial charge in [-0.05, 0) is 73.9 Å². The third-order valence-corrected chi connectivity index (χ3v) is 10.6. The second-order valence-electron chi connectivity index (χ2n) is 10.0. The van der Waals surface area contributed by atoms with Crippen molar-refractivity contribution >= 4 is 33.0 Å². The molecule has 8 nitrogen and oxygen atoms in total. The molecule has 0 saturated heterocycles. The third kappa shape index (κ3) is 4.41. The Balaban J connectivity index is 1.39. The number of rotatable bonds is 6. The lowest BCUT2D eigenvalue weighted by atomic mass is 9.70. The number of nitrogens with zero attached hydrogens (tertiary/aromatic N) is 2. The average molecular weight is 566 g/mol. The number of benzene rings is 2. The van der Waals surface area contributed by atoms with Gasteiger partial charge >= 0.3 is 0 Å². The van der Waals surface area contributed by atoms with Gasteiger partial charge < -0.3 is 15.5 Å². The van der Waals surface area contributed by atoms with Crippen molar-refractivity contribution < 1.29 is 32.2 Å². The topological polar surface area (TPSA) is 122 Å². The van der Waals surface area contributed by atoms with Crippen LogP contribution in [0.3, 0.4) is 0 Å². The summed E-state index contributed by atoms with van der Waals surface area (Å²) in [6, 6.07) is 8.30. The molecule has 202 valence electrons. The van der Waals surface area contributed by atoms with Crippen molar-refractivity contribution in [2.45, 2.75) is 47.5 Å². The molecule has 2 saturated carbocycles. The van der Waals surface area contributed by atoms with Gasteiger partial charge in [-0.2, -0.15) is 5.10 Å². The highest BCUT2D eigenvalue weighted by Crippen LogP contribution is 2.56. The lowest BCUT2D eigenvalue weighted by Crippen LogP contribution is -2.52. The summed E-state index contributed by atoms with van der Waals surface area (Å²) in [5.74, 6) is -3.86. The number of aliphatic hydroxyl groups excluding tert-OH is 1. The van der Waals surface area contributed by atoms with E-state index in [9.17, 15) is 32.2 Å². The SMILES string of the molecule is Cn1nccc1C(O)C1(O)C2CCC1CC(S(=O)(=O)c1cc(C(=O)Nc3ccc(F)c(F)c3)ccc1Cl)C2. The third-order valence-electron chi connectivity index (χ3n) is 7.96. The van der Waals surface area contributed by atoms with Gasteiger partial charge in [0.1, 0.15) is 11.7 Å². The first-order chi connectivity index (χ1) is 17.9. The Kier molecular flexibility index (Phi) is 6.83. The van der Waals surface area contributed by atoms with Crippen molar-refractivity contribution in [3.05, 3.63) is 76.6 Å². The summed E-state index contributed by atoms with van der Waals surface area (Å²) >= 11 is 6.28. The molecule has 3 aromatic rings. The number of carbonyl (C=O) groups excluding carboxylic acids is 1. The minimum Gasteiger partial charge on any atom is -0.386 e. The second kappa shape index (κ2) is 9.71. The van der Waals surface area contributed by atoms with Crippen LogP contribution in [0.1, 0.15) is 47.8 Å². The molecule has 0 aliphatic heterocycles. The number of hydrogen-bond donors (Lipinski definition) is 3. The van der Waals surface area contributed by atoms with Gasteiger partial charge in [-0.1, -0.05) is 11.6 Å². The molecular weight excluding hydrogens is 540 g/mol. The summed E-state index contributed by atoms with van der Waals surface area (Å²) in [7, 11) is -2.37. The van der Waals surface area contributed by atoms with E-state index in [0.717, 1.165) is 12.1 Å². The van der Waals surface area contributed by atoms with Crippen molar-refractivity contribution in [3.63, 3.8) is 0 Å². The van der Waals surface area contributed by atoms with Crippen LogP contribution in [0.2, 0.25) is 5.02 Å². The van der Waals surface area contributed by atoms with E-state index >= 15 is 0 Å². The zero-order valence-electron chi connectivity index (χ0n) is 20.3. The molecule has 3 unspecified atom stereocenters. The fourth-order valence-electron chi connectivity index (χ4n) is 5.95. The van der Waals surface area contributed by atoms with Crippen LogP contribution in [0.25, 0.3) is 0 Å². The molecule has 2 fully saturated rings. The summed E-state index contributed by atoms with van der Waals surface area (Å²) in [5, 5.41) is 28.3. The number of anilines is 1. The van der Waals surface area contributed by atoms with Crippen molar-refractivity contribution in [2.75, 3.05) is 5.32 Å². The molecule has 2 aliphatic carbocycles. The molecule has 5 rings (SSSR count). The minimum absolute atomic E-state index is 0.00313. The summed E-state index contributed by atoms with van der Waals surface area (Å²) in [6.45, 7) is 0. The number of aromatic nitrogens is 2. The van der Waals surface area contributed by atoms with E-state index in [2.05, 4.69) is 10.4 Å². The smallest absolute Gasteiger partial charge is 0.255 e. The Labute approximate surface area is 223 Å². The van der Waals surface area contributed by atoms with E-state index in [4.69, 9.17) is 11.6 Å². The zero-order valence-corrected chi connectivity index (χ0v) is 21.9. The highest BCUT2D eigenvalue weighted by Gasteiger charge is 2.59. The molecule has 1 heterocycles. The summed E-state index contributed by atoms with van der Waals surface area (Å²) in [5.41, 5.74) is -1.06. The Bertz CT molecular complexity index is 1500. The summed E-state index contributed by atoms with van der Waals surface area (Å²) < 4.78 is 55.7. The molecule has 0 radical (unpaired) electrons. The van der Waals surface area contributed by atoms with Crippen molar-refractivity contribution in [1.82, 2.24) is 9.78 Å². The molecule has 3 atom stereocenters. The fourth-order valence-corrected chi connectivity index (χ4v) is 8.35. The minimum atomic E-state index is -4.03. The maximum absolute atomic E-state index is 13.7. The van der Waals surface area contributed by atoms with Crippen LogP contribution in [0.15, 0.2) is 53.6 Å². The van der Waals surface area contributed by atoms with Gasteiger partial charge in [-0.3, -0.25) is 9.48 Å². The van der Waals surface area contributed by atoms with Gasteiger partial charge in [0.2, 0.25) is 0 Å². The summed E-state index contributed by atoms with van der Waals surface area (Å²) in [4.78, 5) is 12.5. The van der Waals surface area contributed by atoms with E-state index in [1.807, 2.05) is 0 Å². The highest BCUT2D eigenvalue weighted by molar-refractivity contribution is 7.92. The first-order valence-corrected chi connectivity index (χ1v) is 14.0. The standard InChI is InChI=1S/C26H26ClF2N3O5S/c1-32-22(8-9-30-32)24(33)26(35)15-3-4-16(26)12-18(11-15)38(36,37)23-10-14(2-6-19(23)27)25(34)31-17-5-7-20(28)21(29)13-17/h2,5-10,13,15-16,18,24,33,35H,3-4,11-12H2,1H3,(H,31,34). The summed E-state index contributed by atoms with van der Waals surface area (Å²) in [6.07, 6.45) is 1.66. The zero-order chi connectivity index (χ0) is 27.4. The van der Waals surface area contributed by atoms with Gasteiger partial charge in [0.05, 0.1) is 20.9 Å². The number of fused-ring (bicyclic) bond motifs is 2. The fraction of sp³-hybridized carbons (Fsp3) is 0.385. The number of aliphatic hydroxyl groups is 2. The molecule has 3 N–H and O–H groups in total. The number of carbonyl (C=O) groups is 1. The van der Waals surface area contributed by atoms with Crippen LogP contribution >= 0.6 is 11.6 Å². The first kappa shape index (κ1) is 26.7. The largest absolute Gasteiger partial charge is 0.386 e. The van der Waals surface area contributed by atoms with Gasteiger partial charge in [-0.15, -0.1) is 0 Å². The number of hydrogen-bond acceptors (Lipinski definition) is 6. The van der Waals surface area contributed by atoms with E-state index < -0.39 is 56.2 Å². The van der Waals surface area contributed by atoms with Crippen molar-refractivity contribution in [2.24, 2.45) is 18.9 Å². The highest BCUT2D eigenvalue weighted by atomic mass is 35.5. The molecule has 2 aliphatic rings. The normalized spacial score (nSPS) is 25.8. The molecular formula is C26H26ClF2N3O5S. The number of nitrogens with one attached hydrogen (secondary N) is 1. The Hall–Kier alpha value is -2.86. The Morgan fingerprint density at radius 3 is 2.42 bits per heavy atom. The Morgan fingerprint density at radius 1 is 1.13 bits per heavy atom. The average Bonchev–Trinajstić information content (AvgIpc) is 3.34. The lowest BCUT2D eigenvalue weighted by molar-refractivity contribution is -0.146. The van der Waals surface area contributed by atoms with Crippen LogP contribution in [-0.4, -0.2) is 45.2 Å². The number of halogens is 3. The molecule has 2 aromatic carbocycles. The van der Waals surface area contributed by atoms with Crippen molar-refractivity contribution in [3.8, 4) is 0 Å². The predicted octanol–water partition coefficient (Wildman–Crippen LogP) is 4.03. The predicted molar refractivity (Wildman–Crippen MR) is 135 cm³/mol. The van der Waals surface area contributed by atoms with Crippen LogP contribution in [0, 0.1) is 23.5 Å². The van der Waals surface area contributed by atoms with Crippen LogP contribution < -0.4 is 5.32 Å². The van der Waals surface area contributed by atoms with Gasteiger partial charge in [0.25, 0.3) is 5.91 Å². The maximum atomic E-state index is 13.7. The number of amides is 1. The molecule has 12 heteroatoms.